The Hall–Kier alpha value is -8.13. The first-order valence-electron chi connectivity index (χ1n) is 39.8. The maximum absolute atomic E-state index is 9.76. The molecular weight excluding hydrogens is 2190 g/mol. The van der Waals surface area contributed by atoms with Gasteiger partial charge in [0.25, 0.3) is 0 Å². The van der Waals surface area contributed by atoms with Crippen molar-refractivity contribution in [1.29, 1.82) is 0 Å². The number of fused-ring (bicyclic) bond motifs is 12. The zero-order valence-electron chi connectivity index (χ0n) is 71.4. The second-order valence-electron chi connectivity index (χ2n) is 33.8. The van der Waals surface area contributed by atoms with Crippen molar-refractivity contribution in [1.82, 2.24) is 58.1 Å². The molecule has 0 spiro atoms. The minimum absolute atomic E-state index is 0. The van der Waals surface area contributed by atoms with Crippen LogP contribution in [0.1, 0.15) is 146 Å². The van der Waals surface area contributed by atoms with E-state index in [4.69, 9.17) is 0 Å². The molecule has 4 atom stereocenters. The van der Waals surface area contributed by atoms with E-state index in [1.54, 1.807) is 25.3 Å². The predicted octanol–water partition coefficient (Wildman–Crippen LogP) is 21.9. The molecule has 4 unspecified atom stereocenters. The zero-order valence-corrected chi connectivity index (χ0v) is 80.5. The number of benzene rings is 8. The number of rotatable bonds is 12. The van der Waals surface area contributed by atoms with Crippen molar-refractivity contribution >= 4 is 87.7 Å². The van der Waals surface area contributed by atoms with Crippen LogP contribution in [-0.2, 0) is 110 Å². The Morgan fingerprint density at radius 2 is 0.534 bits per heavy atom. The summed E-state index contributed by atoms with van der Waals surface area (Å²) in [6.45, 7) is 44.3. The fourth-order valence-corrected chi connectivity index (χ4v) is 14.5. The molecule has 0 aliphatic heterocycles. The van der Waals surface area contributed by atoms with Crippen molar-refractivity contribution < 1.29 is 105 Å². The van der Waals surface area contributed by atoms with E-state index in [1.165, 1.54) is 54.7 Å². The molecule has 0 bridgehead atoms. The third-order valence-corrected chi connectivity index (χ3v) is 21.1. The maximum atomic E-state index is 9.76. The van der Waals surface area contributed by atoms with E-state index in [-0.39, 0.29) is 106 Å². The number of para-hydroxylation sites is 4. The molecule has 632 valence electrons. The average molecular weight is 2300 g/mol. The van der Waals surface area contributed by atoms with Gasteiger partial charge in [0, 0.05) is 168 Å². The Bertz CT molecular complexity index is 5530. The Labute approximate surface area is 754 Å². The number of aliphatic hydroxyl groups excluding tert-OH is 4. The SMILES string of the molecule is CC(C)(C)C(O)CC(O)C(C)(C)C.CC(C)(C)C(O)CC(O)C(C)(C)C.CCn1c2ccccc2c2ncnc(-c3[c-]c(C)cc(C)c3)c21.CCn1c2ccccc2c2ncnc(-c3[c-]c(C)cc(C)c3)c21.CCn1c2ccccc2c2ncnc(-c3[c-]cccc3)c21.CCn1c2ccccc2c2ncnc(-c3[c-]cccc3)c21.[Pt].[Pt].[Pt].[Pt]. The van der Waals surface area contributed by atoms with Crippen LogP contribution in [-0.4, -0.2) is 103 Å². The summed E-state index contributed by atoms with van der Waals surface area (Å²) in [6.07, 6.45) is 5.74. The summed E-state index contributed by atoms with van der Waals surface area (Å²) in [4.78, 5) is 36.4. The van der Waals surface area contributed by atoms with Gasteiger partial charge in [-0.2, -0.15) is 0 Å². The summed E-state index contributed by atoms with van der Waals surface area (Å²) >= 11 is 0. The van der Waals surface area contributed by atoms with E-state index in [0.29, 0.717) is 12.8 Å². The molecule has 0 radical (unpaired) electrons. The topological polar surface area (TPSA) is 204 Å². The van der Waals surface area contributed by atoms with Gasteiger partial charge in [-0.15, -0.1) is 142 Å². The summed E-state index contributed by atoms with van der Waals surface area (Å²) in [6, 6.07) is 71.5. The van der Waals surface area contributed by atoms with Crippen LogP contribution in [0, 0.1) is 73.6 Å². The molecule has 4 N–H and O–H groups in total. The summed E-state index contributed by atoms with van der Waals surface area (Å²) in [5.74, 6) is 0. The van der Waals surface area contributed by atoms with Crippen LogP contribution in [0.15, 0.2) is 195 Å². The predicted molar refractivity (Wildman–Crippen MR) is 470 cm³/mol. The van der Waals surface area contributed by atoms with Crippen LogP contribution < -0.4 is 0 Å². The van der Waals surface area contributed by atoms with Gasteiger partial charge in [-0.05, 0) is 73.6 Å². The van der Waals surface area contributed by atoms with Gasteiger partial charge >= 0.3 is 0 Å². The van der Waals surface area contributed by atoms with Gasteiger partial charge < -0.3 is 38.7 Å². The Kier molecular flexibility index (Phi) is 34.4. The van der Waals surface area contributed by atoms with Gasteiger partial charge in [0.15, 0.2) is 0 Å². The Balaban J connectivity index is 0.000000197. The number of aryl methyl sites for hydroxylation is 8. The third kappa shape index (κ3) is 22.1. The third-order valence-electron chi connectivity index (χ3n) is 21.1. The van der Waals surface area contributed by atoms with Crippen LogP contribution in [0.3, 0.4) is 0 Å². The summed E-state index contributed by atoms with van der Waals surface area (Å²) in [7, 11) is 0. The summed E-state index contributed by atoms with van der Waals surface area (Å²) in [5.41, 5.74) is 25.2. The molecule has 16 nitrogen and oxygen atoms in total. The normalized spacial score (nSPS) is 12.5. The fraction of sp³-hybridized carbons (Fsp3) is 0.347. The van der Waals surface area contributed by atoms with Crippen LogP contribution in [0.2, 0.25) is 0 Å². The molecule has 0 aliphatic carbocycles. The number of nitrogens with zero attached hydrogens (tertiary/aromatic N) is 12. The Morgan fingerprint density at radius 1 is 0.305 bits per heavy atom. The number of hydrogen-bond donors (Lipinski definition) is 4. The van der Waals surface area contributed by atoms with Crippen molar-refractivity contribution in [3.8, 4) is 45.0 Å². The van der Waals surface area contributed by atoms with Crippen molar-refractivity contribution in [2.75, 3.05) is 0 Å². The number of aromatic nitrogens is 12. The molecule has 0 amide bonds. The molecule has 0 fully saturated rings. The molecule has 0 aliphatic rings. The standard InChI is InChI=1S/2C20H18N3.2C18H14N3.2C11H24O2.4Pt/c2*1-4-23-17-8-6-5-7-16(17)19-20(23)18(21-12-22-19)15-10-13(2)9-14(3)11-15;2*1-2-21-15-11-7-6-10-14(15)17-18(21)16(19-12-20-17)13-8-4-3-5-9-13;2*1-10(2,3)8(12)7-9(13)11(4,5)6;;;;/h2*5-10,12H,4H2,1-3H3;2*3-8,10-12H,2H2,1H3;2*8-9,12-13H,7H2,1-6H3;;;;/q4*-1;;;;;;. The first kappa shape index (κ1) is 97.0. The van der Waals surface area contributed by atoms with Crippen LogP contribution in [0.4, 0.5) is 0 Å². The first-order valence-corrected chi connectivity index (χ1v) is 39.8. The largest absolute Gasteiger partial charge is 0.392 e. The minimum atomic E-state index is -0.443. The molecule has 16 aromatic rings. The maximum Gasteiger partial charge on any atom is 0.106 e. The molecule has 8 aromatic heterocycles. The monoisotopic (exact) mass is 2300 g/mol. The molecule has 0 saturated carbocycles. The first-order chi connectivity index (χ1) is 54.3. The molecule has 0 saturated heterocycles. The quantitative estimate of drug-likeness (QED) is 0.0844. The van der Waals surface area contributed by atoms with Crippen molar-refractivity contribution in [2.45, 2.75) is 202 Å². The van der Waals surface area contributed by atoms with Gasteiger partial charge in [-0.25, -0.2) is 19.9 Å². The van der Waals surface area contributed by atoms with Crippen molar-refractivity contribution in [3.63, 3.8) is 0 Å². The molecule has 20 heteroatoms. The van der Waals surface area contributed by atoms with E-state index < -0.39 is 24.4 Å². The fourth-order valence-electron chi connectivity index (χ4n) is 14.5. The van der Waals surface area contributed by atoms with E-state index in [9.17, 15) is 20.4 Å². The summed E-state index contributed by atoms with van der Waals surface area (Å²) in [5, 5.41) is 43.7. The second-order valence-corrected chi connectivity index (χ2v) is 33.8. The van der Waals surface area contributed by atoms with Gasteiger partial charge in [0.1, 0.15) is 25.3 Å². The van der Waals surface area contributed by atoms with E-state index in [1.807, 2.05) is 132 Å². The van der Waals surface area contributed by atoms with Crippen LogP contribution in [0.5, 0.6) is 0 Å². The van der Waals surface area contributed by atoms with Crippen LogP contribution >= 0.6 is 0 Å². The van der Waals surface area contributed by atoms with Gasteiger partial charge in [-0.3, -0.25) is 19.9 Å². The van der Waals surface area contributed by atoms with Gasteiger partial charge in [0.05, 0.1) is 90.6 Å². The van der Waals surface area contributed by atoms with E-state index in [0.717, 1.165) is 126 Å². The molecular formula is C98H112N12O4Pt4-4. The number of aliphatic hydroxyl groups is 4. The van der Waals surface area contributed by atoms with Crippen LogP contribution in [0.25, 0.3) is 133 Å². The smallest absolute Gasteiger partial charge is 0.106 e. The molecule has 8 aromatic carbocycles. The zero-order chi connectivity index (χ0) is 82.1. The van der Waals surface area contributed by atoms with Crippen molar-refractivity contribution in [3.05, 3.63) is 242 Å². The summed E-state index contributed by atoms with van der Waals surface area (Å²) < 4.78 is 9.15. The Morgan fingerprint density at radius 3 is 0.746 bits per heavy atom. The molecule has 8 heterocycles. The van der Waals surface area contributed by atoms with Crippen molar-refractivity contribution in [2.24, 2.45) is 21.7 Å². The molecule has 118 heavy (non-hydrogen) atoms. The van der Waals surface area contributed by atoms with E-state index in [2.05, 4.69) is 259 Å². The van der Waals surface area contributed by atoms with Gasteiger partial charge in [-0.1, -0.05) is 184 Å². The van der Waals surface area contributed by atoms with E-state index >= 15 is 0 Å². The average Bonchev–Trinajstić information content (AvgIpc) is 1.62. The molecule has 16 rings (SSSR count). The number of hydrogen-bond acceptors (Lipinski definition) is 12. The van der Waals surface area contributed by atoms with Gasteiger partial charge in [0.2, 0.25) is 0 Å². The minimum Gasteiger partial charge on any atom is -0.392 e. The second kappa shape index (κ2) is 41.9.